The number of carbonyl (C=O) groups excluding carboxylic acids is 1. The van der Waals surface area contributed by atoms with Crippen molar-refractivity contribution in [1.82, 2.24) is 5.32 Å². The Morgan fingerprint density at radius 2 is 2.39 bits per heavy atom. The van der Waals surface area contributed by atoms with Crippen molar-refractivity contribution < 1.29 is 9.53 Å². The number of nitrogens with one attached hydrogen (secondary N) is 1. The Balaban J connectivity index is 2.04. The van der Waals surface area contributed by atoms with E-state index in [0.29, 0.717) is 10.6 Å². The molecule has 18 heavy (non-hydrogen) atoms. The second-order valence-corrected chi connectivity index (χ2v) is 5.76. The Morgan fingerprint density at radius 1 is 1.61 bits per heavy atom. The molecule has 1 amide bonds. The SMILES string of the molecule is C[C@H](NC(=O)c1cc(Br)ccc1Cl)[C@H]1CCCO1. The molecule has 1 aliphatic rings. The van der Waals surface area contributed by atoms with Gasteiger partial charge in [0.1, 0.15) is 0 Å². The molecule has 0 aromatic heterocycles. The number of halogens is 2. The van der Waals surface area contributed by atoms with Gasteiger partial charge in [-0.25, -0.2) is 0 Å². The van der Waals surface area contributed by atoms with Crippen LogP contribution in [-0.2, 0) is 4.74 Å². The van der Waals surface area contributed by atoms with Crippen LogP contribution in [0.25, 0.3) is 0 Å². The second kappa shape index (κ2) is 6.04. The summed E-state index contributed by atoms with van der Waals surface area (Å²) in [7, 11) is 0. The fraction of sp³-hybridized carbons (Fsp3) is 0.462. The van der Waals surface area contributed by atoms with E-state index in [1.165, 1.54) is 0 Å². The first-order chi connectivity index (χ1) is 8.58. The van der Waals surface area contributed by atoms with E-state index in [9.17, 15) is 4.79 Å². The molecule has 0 aliphatic carbocycles. The van der Waals surface area contributed by atoms with E-state index in [1.54, 1.807) is 12.1 Å². The lowest BCUT2D eigenvalue weighted by Crippen LogP contribution is -2.40. The van der Waals surface area contributed by atoms with E-state index in [-0.39, 0.29) is 18.1 Å². The number of amides is 1. The molecular formula is C13H15BrClNO2. The lowest BCUT2D eigenvalue weighted by Gasteiger charge is -2.20. The largest absolute Gasteiger partial charge is 0.376 e. The quantitative estimate of drug-likeness (QED) is 0.921. The van der Waals surface area contributed by atoms with Crippen LogP contribution in [0.5, 0.6) is 0 Å². The monoisotopic (exact) mass is 331 g/mol. The number of carbonyl (C=O) groups is 1. The van der Waals surface area contributed by atoms with Gasteiger partial charge in [0.25, 0.3) is 5.91 Å². The molecule has 1 aromatic carbocycles. The number of ether oxygens (including phenoxy) is 1. The zero-order valence-electron chi connectivity index (χ0n) is 10.1. The molecule has 0 unspecified atom stereocenters. The molecule has 1 aliphatic heterocycles. The van der Waals surface area contributed by atoms with Crippen LogP contribution in [0.2, 0.25) is 5.02 Å². The molecule has 2 rings (SSSR count). The highest BCUT2D eigenvalue weighted by Gasteiger charge is 2.24. The van der Waals surface area contributed by atoms with Gasteiger partial charge < -0.3 is 10.1 Å². The van der Waals surface area contributed by atoms with Crippen LogP contribution in [0.3, 0.4) is 0 Å². The number of hydrogen-bond donors (Lipinski definition) is 1. The summed E-state index contributed by atoms with van der Waals surface area (Å²) in [6, 6.07) is 5.23. The van der Waals surface area contributed by atoms with E-state index in [0.717, 1.165) is 23.9 Å². The third kappa shape index (κ3) is 3.25. The third-order valence-corrected chi connectivity index (χ3v) is 3.88. The van der Waals surface area contributed by atoms with Crippen molar-refractivity contribution in [2.45, 2.75) is 31.9 Å². The van der Waals surface area contributed by atoms with E-state index in [2.05, 4.69) is 21.2 Å². The van der Waals surface area contributed by atoms with E-state index >= 15 is 0 Å². The van der Waals surface area contributed by atoms with Gasteiger partial charge in [0.15, 0.2) is 0 Å². The van der Waals surface area contributed by atoms with Crippen molar-refractivity contribution in [3.63, 3.8) is 0 Å². The van der Waals surface area contributed by atoms with Crippen LogP contribution >= 0.6 is 27.5 Å². The summed E-state index contributed by atoms with van der Waals surface area (Å²) < 4.78 is 6.38. The predicted octanol–water partition coefficient (Wildman–Crippen LogP) is 3.40. The maximum absolute atomic E-state index is 12.1. The lowest BCUT2D eigenvalue weighted by atomic mass is 10.1. The Morgan fingerprint density at radius 3 is 3.06 bits per heavy atom. The highest BCUT2D eigenvalue weighted by atomic mass is 79.9. The Bertz CT molecular complexity index is 447. The predicted molar refractivity (Wildman–Crippen MR) is 75.1 cm³/mol. The Kier molecular flexibility index (Phi) is 4.65. The molecular weight excluding hydrogens is 318 g/mol. The standard InChI is InChI=1S/C13H15BrClNO2/c1-8(12-3-2-6-18-12)16-13(17)10-7-9(14)4-5-11(10)15/h4-5,7-8,12H,2-3,6H2,1H3,(H,16,17)/t8-,12+/m0/s1. The highest BCUT2D eigenvalue weighted by Crippen LogP contribution is 2.22. The van der Waals surface area contributed by atoms with Crippen LogP contribution < -0.4 is 5.32 Å². The summed E-state index contributed by atoms with van der Waals surface area (Å²) in [6.07, 6.45) is 2.16. The summed E-state index contributed by atoms with van der Waals surface area (Å²) in [5.41, 5.74) is 0.482. The van der Waals surface area contributed by atoms with Crippen molar-refractivity contribution in [2.75, 3.05) is 6.61 Å². The highest BCUT2D eigenvalue weighted by molar-refractivity contribution is 9.10. The maximum Gasteiger partial charge on any atom is 0.253 e. The molecule has 1 N–H and O–H groups in total. The smallest absolute Gasteiger partial charge is 0.253 e. The summed E-state index contributed by atoms with van der Waals surface area (Å²) in [6.45, 7) is 2.74. The number of benzene rings is 1. The van der Waals surface area contributed by atoms with Crippen molar-refractivity contribution in [3.05, 3.63) is 33.3 Å². The van der Waals surface area contributed by atoms with Crippen molar-refractivity contribution >= 4 is 33.4 Å². The summed E-state index contributed by atoms with van der Waals surface area (Å²) in [4.78, 5) is 12.1. The van der Waals surface area contributed by atoms with Crippen LogP contribution in [0.15, 0.2) is 22.7 Å². The topological polar surface area (TPSA) is 38.3 Å². The maximum atomic E-state index is 12.1. The minimum atomic E-state index is -0.163. The molecule has 0 spiro atoms. The van der Waals surface area contributed by atoms with Gasteiger partial charge >= 0.3 is 0 Å². The molecule has 3 nitrogen and oxygen atoms in total. The van der Waals surface area contributed by atoms with Crippen LogP contribution in [0.1, 0.15) is 30.1 Å². The van der Waals surface area contributed by atoms with Gasteiger partial charge in [-0.05, 0) is 38.0 Å². The molecule has 1 heterocycles. The van der Waals surface area contributed by atoms with E-state index in [4.69, 9.17) is 16.3 Å². The lowest BCUT2D eigenvalue weighted by molar-refractivity contribution is 0.0712. The van der Waals surface area contributed by atoms with Crippen molar-refractivity contribution in [1.29, 1.82) is 0 Å². The fourth-order valence-corrected chi connectivity index (χ4v) is 2.61. The van der Waals surface area contributed by atoms with Crippen LogP contribution in [-0.4, -0.2) is 24.7 Å². The van der Waals surface area contributed by atoms with Gasteiger partial charge in [-0.2, -0.15) is 0 Å². The van der Waals surface area contributed by atoms with E-state index < -0.39 is 0 Å². The summed E-state index contributed by atoms with van der Waals surface area (Å²) in [5.74, 6) is -0.163. The van der Waals surface area contributed by atoms with Crippen molar-refractivity contribution in [3.8, 4) is 0 Å². The number of rotatable bonds is 3. The zero-order valence-corrected chi connectivity index (χ0v) is 12.4. The minimum Gasteiger partial charge on any atom is -0.376 e. The molecule has 5 heteroatoms. The third-order valence-electron chi connectivity index (χ3n) is 3.05. The number of hydrogen-bond acceptors (Lipinski definition) is 2. The van der Waals surface area contributed by atoms with Gasteiger partial charge in [-0.15, -0.1) is 0 Å². The van der Waals surface area contributed by atoms with Crippen molar-refractivity contribution in [2.24, 2.45) is 0 Å². The average Bonchev–Trinajstić information content (AvgIpc) is 2.85. The Labute approximate surface area is 120 Å². The molecule has 0 radical (unpaired) electrons. The fourth-order valence-electron chi connectivity index (χ4n) is 2.05. The Hall–Kier alpha value is -0.580. The van der Waals surface area contributed by atoms with Gasteiger partial charge in [0.05, 0.1) is 22.7 Å². The normalized spacial score (nSPS) is 20.7. The average molecular weight is 333 g/mol. The van der Waals surface area contributed by atoms with E-state index in [1.807, 2.05) is 13.0 Å². The van der Waals surface area contributed by atoms with Gasteiger partial charge in [0.2, 0.25) is 0 Å². The van der Waals surface area contributed by atoms with Gasteiger partial charge in [0, 0.05) is 11.1 Å². The van der Waals surface area contributed by atoms with Gasteiger partial charge in [-0.1, -0.05) is 27.5 Å². The minimum absolute atomic E-state index is 0.00458. The molecule has 2 atom stereocenters. The zero-order chi connectivity index (χ0) is 13.1. The second-order valence-electron chi connectivity index (χ2n) is 4.44. The molecule has 0 saturated carbocycles. The van der Waals surface area contributed by atoms with Gasteiger partial charge in [-0.3, -0.25) is 4.79 Å². The first-order valence-electron chi connectivity index (χ1n) is 5.95. The first-order valence-corrected chi connectivity index (χ1v) is 7.12. The summed E-state index contributed by atoms with van der Waals surface area (Å²) >= 11 is 9.36. The van der Waals surface area contributed by atoms with Crippen LogP contribution in [0, 0.1) is 0 Å². The first kappa shape index (κ1) is 13.8. The molecule has 1 saturated heterocycles. The molecule has 1 fully saturated rings. The van der Waals surface area contributed by atoms with Crippen LogP contribution in [0.4, 0.5) is 0 Å². The molecule has 98 valence electrons. The molecule has 0 bridgehead atoms. The molecule has 1 aromatic rings. The summed E-state index contributed by atoms with van der Waals surface area (Å²) in [5, 5.41) is 3.39.